The van der Waals surface area contributed by atoms with E-state index in [9.17, 15) is 0 Å². The van der Waals surface area contributed by atoms with E-state index in [4.69, 9.17) is 11.6 Å². The Hall–Kier alpha value is -2.86. The molecule has 152 valence electrons. The standard InChI is InChI=1S/C23H21ClFN5/c1-11-28-29-22-23(2,3)27-17-9-16(25)18(19(24)21(17)30(11)22)14-6-4-5-13-15(12-7-8-12)10-26-20(13)14/h4-6,9-10,12,26-27H,7-8H2,1-3H3. The number of nitrogens with zero attached hydrogens (tertiary/aromatic N) is 3. The van der Waals surface area contributed by atoms with Crippen LogP contribution in [0.3, 0.4) is 0 Å². The summed E-state index contributed by atoms with van der Waals surface area (Å²) in [6.45, 7) is 5.87. The summed E-state index contributed by atoms with van der Waals surface area (Å²) in [6, 6.07) is 7.53. The summed E-state index contributed by atoms with van der Waals surface area (Å²) in [5.74, 6) is 1.72. The zero-order valence-corrected chi connectivity index (χ0v) is 17.7. The van der Waals surface area contributed by atoms with E-state index in [1.54, 1.807) is 0 Å². The monoisotopic (exact) mass is 421 g/mol. The van der Waals surface area contributed by atoms with Gasteiger partial charge in [0.05, 0.1) is 27.5 Å². The Labute approximate surface area is 178 Å². The lowest BCUT2D eigenvalue weighted by molar-refractivity contribution is 0.533. The molecule has 1 saturated carbocycles. The topological polar surface area (TPSA) is 58.5 Å². The summed E-state index contributed by atoms with van der Waals surface area (Å²) in [5, 5.41) is 13.5. The van der Waals surface area contributed by atoms with Gasteiger partial charge in [0.1, 0.15) is 11.6 Å². The number of halogens is 2. The van der Waals surface area contributed by atoms with Gasteiger partial charge >= 0.3 is 0 Å². The Balaban J connectivity index is 1.64. The van der Waals surface area contributed by atoms with Crippen LogP contribution in [0, 0.1) is 12.7 Å². The number of nitrogens with one attached hydrogen (secondary N) is 2. The fraction of sp³-hybridized carbons (Fsp3) is 0.304. The van der Waals surface area contributed by atoms with Gasteiger partial charge < -0.3 is 10.3 Å². The van der Waals surface area contributed by atoms with Crippen molar-refractivity contribution < 1.29 is 4.39 Å². The summed E-state index contributed by atoms with van der Waals surface area (Å²) >= 11 is 6.93. The third-order valence-corrected chi connectivity index (χ3v) is 6.65. The third kappa shape index (κ3) is 2.34. The number of aryl methyl sites for hydroxylation is 1. The maximum atomic E-state index is 15.5. The summed E-state index contributed by atoms with van der Waals surface area (Å²) < 4.78 is 17.4. The Morgan fingerprint density at radius 1 is 1.23 bits per heavy atom. The zero-order valence-electron chi connectivity index (χ0n) is 17.0. The van der Waals surface area contributed by atoms with Crippen LogP contribution >= 0.6 is 11.6 Å². The van der Waals surface area contributed by atoms with Crippen molar-refractivity contribution in [1.29, 1.82) is 0 Å². The summed E-state index contributed by atoms with van der Waals surface area (Å²) in [6.07, 6.45) is 4.48. The van der Waals surface area contributed by atoms with Gasteiger partial charge in [-0.1, -0.05) is 29.8 Å². The molecule has 0 spiro atoms. The van der Waals surface area contributed by atoms with Crippen LogP contribution in [0.25, 0.3) is 27.7 Å². The van der Waals surface area contributed by atoms with Crippen molar-refractivity contribution >= 4 is 28.2 Å². The van der Waals surface area contributed by atoms with Crippen LogP contribution in [0.4, 0.5) is 10.1 Å². The highest BCUT2D eigenvalue weighted by atomic mass is 35.5. The van der Waals surface area contributed by atoms with Crippen LogP contribution in [0.1, 0.15) is 49.8 Å². The Morgan fingerprint density at radius 2 is 2.03 bits per heavy atom. The number of para-hydroxylation sites is 1. The second-order valence-corrected chi connectivity index (χ2v) is 9.22. The predicted molar refractivity (Wildman–Crippen MR) is 117 cm³/mol. The number of anilines is 1. The van der Waals surface area contributed by atoms with Crippen LogP contribution in [0.5, 0.6) is 0 Å². The molecule has 2 aromatic carbocycles. The van der Waals surface area contributed by atoms with Gasteiger partial charge in [-0.2, -0.15) is 0 Å². The molecule has 0 amide bonds. The molecule has 0 bridgehead atoms. The van der Waals surface area contributed by atoms with Gasteiger partial charge in [-0.25, -0.2) is 4.39 Å². The normalized spacial score (nSPS) is 17.0. The van der Waals surface area contributed by atoms with Gasteiger partial charge in [0.2, 0.25) is 0 Å². The number of hydrogen-bond donors (Lipinski definition) is 2. The smallest absolute Gasteiger partial charge is 0.162 e. The van der Waals surface area contributed by atoms with Crippen molar-refractivity contribution in [2.45, 2.75) is 45.1 Å². The molecule has 1 aliphatic carbocycles. The average Bonchev–Trinajstić information content (AvgIpc) is 3.31. The number of hydrogen-bond acceptors (Lipinski definition) is 3. The van der Waals surface area contributed by atoms with E-state index < -0.39 is 5.54 Å². The average molecular weight is 422 g/mol. The minimum atomic E-state index is -0.496. The van der Waals surface area contributed by atoms with Gasteiger partial charge in [0.15, 0.2) is 5.82 Å². The first-order chi connectivity index (χ1) is 14.4. The second kappa shape index (κ2) is 5.85. The number of H-pyrrole nitrogens is 1. The van der Waals surface area contributed by atoms with Crippen molar-refractivity contribution in [2.24, 2.45) is 0 Å². The van der Waals surface area contributed by atoms with Gasteiger partial charge in [0.25, 0.3) is 0 Å². The molecule has 0 saturated heterocycles. The molecule has 0 radical (unpaired) electrons. The fourth-order valence-corrected chi connectivity index (χ4v) is 5.09. The van der Waals surface area contributed by atoms with E-state index in [1.807, 2.05) is 37.5 Å². The molecule has 3 heterocycles. The molecule has 1 aliphatic heterocycles. The molecule has 2 N–H and O–H groups in total. The molecule has 6 rings (SSSR count). The summed E-state index contributed by atoms with van der Waals surface area (Å²) in [5.41, 5.74) is 4.22. The van der Waals surface area contributed by atoms with E-state index in [1.165, 1.54) is 24.5 Å². The maximum absolute atomic E-state index is 15.5. The number of aromatic amines is 1. The lowest BCUT2D eigenvalue weighted by Crippen LogP contribution is -2.36. The van der Waals surface area contributed by atoms with Crippen LogP contribution in [-0.4, -0.2) is 19.7 Å². The van der Waals surface area contributed by atoms with Crippen molar-refractivity contribution in [2.75, 3.05) is 5.32 Å². The van der Waals surface area contributed by atoms with Gasteiger partial charge in [0, 0.05) is 22.7 Å². The molecule has 5 nitrogen and oxygen atoms in total. The van der Waals surface area contributed by atoms with Crippen molar-refractivity contribution in [3.8, 4) is 16.8 Å². The lowest BCUT2D eigenvalue weighted by atomic mass is 9.95. The molecule has 1 fully saturated rings. The summed E-state index contributed by atoms with van der Waals surface area (Å²) in [7, 11) is 0. The first-order valence-corrected chi connectivity index (χ1v) is 10.6. The molecule has 7 heteroatoms. The highest BCUT2D eigenvalue weighted by Gasteiger charge is 2.37. The van der Waals surface area contributed by atoms with Gasteiger partial charge in [-0.15, -0.1) is 10.2 Å². The Kier molecular flexibility index (Phi) is 3.50. The Morgan fingerprint density at radius 3 is 2.80 bits per heavy atom. The van der Waals surface area contributed by atoms with E-state index in [2.05, 4.69) is 32.8 Å². The van der Waals surface area contributed by atoms with Crippen LogP contribution in [0.2, 0.25) is 5.02 Å². The van der Waals surface area contributed by atoms with Crippen molar-refractivity contribution in [3.05, 3.63) is 58.5 Å². The largest absolute Gasteiger partial charge is 0.371 e. The van der Waals surface area contributed by atoms with Gasteiger partial charge in [-0.05, 0) is 51.2 Å². The predicted octanol–water partition coefficient (Wildman–Crippen LogP) is 6.05. The van der Waals surface area contributed by atoms with Crippen LogP contribution < -0.4 is 5.32 Å². The Bertz CT molecular complexity index is 1350. The molecular formula is C23H21ClFN5. The first-order valence-electron chi connectivity index (χ1n) is 10.2. The third-order valence-electron chi connectivity index (χ3n) is 6.28. The highest BCUT2D eigenvalue weighted by molar-refractivity contribution is 6.36. The van der Waals surface area contributed by atoms with Crippen LogP contribution in [-0.2, 0) is 5.54 Å². The molecule has 0 unspecified atom stereocenters. The van der Waals surface area contributed by atoms with E-state index in [0.717, 1.165) is 28.1 Å². The van der Waals surface area contributed by atoms with E-state index in [-0.39, 0.29) is 5.82 Å². The minimum absolute atomic E-state index is 0.354. The summed E-state index contributed by atoms with van der Waals surface area (Å²) in [4.78, 5) is 3.38. The molecular weight excluding hydrogens is 401 g/mol. The highest BCUT2D eigenvalue weighted by Crippen LogP contribution is 2.48. The molecule has 4 aromatic rings. The molecule has 2 aliphatic rings. The number of fused-ring (bicyclic) bond motifs is 4. The number of benzene rings is 2. The maximum Gasteiger partial charge on any atom is 0.162 e. The van der Waals surface area contributed by atoms with Gasteiger partial charge in [-0.3, -0.25) is 4.57 Å². The molecule has 2 aromatic heterocycles. The van der Waals surface area contributed by atoms with Crippen molar-refractivity contribution in [1.82, 2.24) is 19.7 Å². The second-order valence-electron chi connectivity index (χ2n) is 8.85. The molecule has 30 heavy (non-hydrogen) atoms. The zero-order chi connectivity index (χ0) is 20.8. The quantitative estimate of drug-likeness (QED) is 0.414. The van der Waals surface area contributed by atoms with E-state index >= 15 is 4.39 Å². The van der Waals surface area contributed by atoms with E-state index in [0.29, 0.717) is 27.9 Å². The first kappa shape index (κ1) is 18.0. The minimum Gasteiger partial charge on any atom is -0.371 e. The SMILES string of the molecule is Cc1nnc2n1-c1c(cc(F)c(-c3cccc4c(C5CC5)c[nH]c34)c1Cl)NC2(C)C. The number of aromatic nitrogens is 4. The van der Waals surface area contributed by atoms with Crippen molar-refractivity contribution in [3.63, 3.8) is 0 Å². The fourth-order valence-electron chi connectivity index (χ4n) is 4.71. The molecule has 0 atom stereocenters. The number of rotatable bonds is 2. The van der Waals surface area contributed by atoms with Crippen LogP contribution in [0.15, 0.2) is 30.5 Å². The lowest BCUT2D eigenvalue weighted by Gasteiger charge is -2.34.